The van der Waals surface area contributed by atoms with Crippen molar-refractivity contribution in [2.45, 2.75) is 6.36 Å². The molecule has 8 nitrogen and oxygen atoms in total. The predicted octanol–water partition coefficient (Wildman–Crippen LogP) is 4.53. The van der Waals surface area contributed by atoms with Crippen LogP contribution in [0, 0.1) is 0 Å². The van der Waals surface area contributed by atoms with Gasteiger partial charge in [-0.2, -0.15) is 0 Å². The number of urea groups is 1. The van der Waals surface area contributed by atoms with Crippen molar-refractivity contribution < 1.29 is 27.1 Å². The van der Waals surface area contributed by atoms with Gasteiger partial charge in [-0.05, 0) is 42.5 Å². The van der Waals surface area contributed by atoms with E-state index < -0.39 is 12.4 Å². The second-order valence-electron chi connectivity index (χ2n) is 5.82. The van der Waals surface area contributed by atoms with Gasteiger partial charge >= 0.3 is 12.4 Å². The topological polar surface area (TPSA) is 93.7 Å². The first-order valence-electron chi connectivity index (χ1n) is 8.18. The Bertz CT molecular complexity index is 1140. The molecule has 0 fully saturated rings. The lowest BCUT2D eigenvalue weighted by molar-refractivity contribution is -0.274. The Labute approximate surface area is 160 Å². The number of benzene rings is 1. The van der Waals surface area contributed by atoms with Crippen LogP contribution < -0.4 is 15.4 Å². The Kier molecular flexibility index (Phi) is 4.55. The number of ether oxygens (including phenoxy) is 1. The molecule has 2 N–H and O–H groups in total. The Morgan fingerprint density at radius 3 is 2.45 bits per heavy atom. The fraction of sp³-hybridized carbons (Fsp3) is 0.0556. The average Bonchev–Trinajstić information content (AvgIpc) is 3.30. The molecule has 4 rings (SSSR count). The molecule has 11 heteroatoms. The van der Waals surface area contributed by atoms with E-state index in [1.165, 1.54) is 29.2 Å². The average molecular weight is 403 g/mol. The number of fused-ring (bicyclic) bond motifs is 1. The Morgan fingerprint density at radius 2 is 1.76 bits per heavy atom. The molecule has 0 aliphatic heterocycles. The number of nitrogens with one attached hydrogen (secondary N) is 2. The van der Waals surface area contributed by atoms with E-state index in [-0.39, 0.29) is 5.75 Å². The zero-order valence-electron chi connectivity index (χ0n) is 14.5. The van der Waals surface area contributed by atoms with E-state index in [4.69, 9.17) is 4.42 Å². The van der Waals surface area contributed by atoms with Gasteiger partial charge in [0, 0.05) is 5.69 Å². The van der Waals surface area contributed by atoms with E-state index in [2.05, 4.69) is 25.5 Å². The minimum Gasteiger partial charge on any atom is -0.472 e. The number of rotatable bonds is 4. The molecule has 148 valence electrons. The Balaban J connectivity index is 1.42. The van der Waals surface area contributed by atoms with Crippen molar-refractivity contribution in [2.24, 2.45) is 0 Å². The standard InChI is InChI=1S/C18H12F3N5O3/c19-18(20,21)29-14-4-1-12(2-5-14)22-17(27)23-13-3-6-15-24-16(25-26(15)9-13)11-7-8-28-10-11/h1-10H,(H2,22,23,27). The normalized spacial score (nSPS) is 11.4. The summed E-state index contributed by atoms with van der Waals surface area (Å²) < 4.78 is 46.8. The molecule has 0 spiro atoms. The monoisotopic (exact) mass is 403 g/mol. The fourth-order valence-corrected chi connectivity index (χ4v) is 2.50. The number of pyridine rings is 1. The molecule has 0 aliphatic rings. The lowest BCUT2D eigenvalue weighted by Gasteiger charge is -2.10. The highest BCUT2D eigenvalue weighted by atomic mass is 19.4. The molecule has 0 radical (unpaired) electrons. The second-order valence-corrected chi connectivity index (χ2v) is 5.82. The van der Waals surface area contributed by atoms with Crippen LogP contribution in [0.15, 0.2) is 65.6 Å². The van der Waals surface area contributed by atoms with Crippen molar-refractivity contribution in [3.05, 3.63) is 61.2 Å². The first-order valence-corrected chi connectivity index (χ1v) is 8.18. The van der Waals surface area contributed by atoms with Crippen molar-refractivity contribution in [2.75, 3.05) is 10.6 Å². The van der Waals surface area contributed by atoms with Crippen molar-refractivity contribution in [3.8, 4) is 17.1 Å². The molecular weight excluding hydrogens is 391 g/mol. The maximum atomic E-state index is 12.2. The summed E-state index contributed by atoms with van der Waals surface area (Å²) in [5.41, 5.74) is 2.03. The van der Waals surface area contributed by atoms with E-state index in [0.29, 0.717) is 22.8 Å². The van der Waals surface area contributed by atoms with E-state index in [1.54, 1.807) is 24.4 Å². The number of hydrogen-bond donors (Lipinski definition) is 2. The summed E-state index contributed by atoms with van der Waals surface area (Å²) in [7, 11) is 0. The first kappa shape index (κ1) is 18.3. The third kappa shape index (κ3) is 4.46. The summed E-state index contributed by atoms with van der Waals surface area (Å²) in [5, 5.41) is 9.44. The van der Waals surface area contributed by atoms with E-state index in [9.17, 15) is 18.0 Å². The summed E-state index contributed by atoms with van der Waals surface area (Å²) in [6, 6.07) is 9.25. The molecular formula is C18H12F3N5O3. The lowest BCUT2D eigenvalue weighted by atomic mass is 10.3. The van der Waals surface area contributed by atoms with E-state index >= 15 is 0 Å². The molecule has 3 heterocycles. The van der Waals surface area contributed by atoms with Gasteiger partial charge < -0.3 is 19.8 Å². The quantitative estimate of drug-likeness (QED) is 0.522. The van der Waals surface area contributed by atoms with Crippen LogP contribution in [0.25, 0.3) is 17.0 Å². The SMILES string of the molecule is O=C(Nc1ccc(OC(F)(F)F)cc1)Nc1ccc2nc(-c3ccoc3)nn2c1. The number of carbonyl (C=O) groups excluding carboxylic acids is 1. The van der Waals surface area contributed by atoms with Crippen LogP contribution >= 0.6 is 0 Å². The Morgan fingerprint density at radius 1 is 1.03 bits per heavy atom. The highest BCUT2D eigenvalue weighted by Crippen LogP contribution is 2.24. The van der Waals surface area contributed by atoms with Gasteiger partial charge in [-0.15, -0.1) is 18.3 Å². The van der Waals surface area contributed by atoms with Gasteiger partial charge in [0.15, 0.2) is 11.5 Å². The van der Waals surface area contributed by atoms with Crippen molar-refractivity contribution in [1.29, 1.82) is 0 Å². The van der Waals surface area contributed by atoms with Gasteiger partial charge in [-0.25, -0.2) is 14.3 Å². The van der Waals surface area contributed by atoms with Gasteiger partial charge in [-0.1, -0.05) is 0 Å². The zero-order valence-corrected chi connectivity index (χ0v) is 14.5. The van der Waals surface area contributed by atoms with Crippen molar-refractivity contribution in [3.63, 3.8) is 0 Å². The molecule has 2 amide bonds. The Hall–Kier alpha value is -4.02. The number of carbonyl (C=O) groups is 1. The molecule has 1 aromatic carbocycles. The highest BCUT2D eigenvalue weighted by Gasteiger charge is 2.30. The van der Waals surface area contributed by atoms with Crippen LogP contribution in [0.1, 0.15) is 0 Å². The summed E-state index contributed by atoms with van der Waals surface area (Å²) >= 11 is 0. The molecule has 0 saturated heterocycles. The van der Waals surface area contributed by atoms with Gasteiger partial charge in [-0.3, -0.25) is 0 Å². The van der Waals surface area contributed by atoms with Gasteiger partial charge in [0.25, 0.3) is 0 Å². The summed E-state index contributed by atoms with van der Waals surface area (Å²) in [5.74, 6) is 0.0926. The second kappa shape index (κ2) is 7.19. The molecule has 0 unspecified atom stereocenters. The number of halogens is 3. The molecule has 0 atom stereocenters. The number of aromatic nitrogens is 3. The van der Waals surface area contributed by atoms with Crippen molar-refractivity contribution in [1.82, 2.24) is 14.6 Å². The maximum absolute atomic E-state index is 12.2. The van der Waals surface area contributed by atoms with Gasteiger partial charge in [0.1, 0.15) is 12.0 Å². The third-order valence-electron chi connectivity index (χ3n) is 3.71. The number of amides is 2. The van der Waals surface area contributed by atoms with E-state index in [1.807, 2.05) is 0 Å². The predicted molar refractivity (Wildman–Crippen MR) is 96.5 cm³/mol. The smallest absolute Gasteiger partial charge is 0.472 e. The number of nitrogens with zero attached hydrogens (tertiary/aromatic N) is 3. The zero-order chi connectivity index (χ0) is 20.4. The van der Waals surface area contributed by atoms with E-state index in [0.717, 1.165) is 17.7 Å². The largest absolute Gasteiger partial charge is 0.573 e. The maximum Gasteiger partial charge on any atom is 0.573 e. The van der Waals surface area contributed by atoms with Gasteiger partial charge in [0.05, 0.1) is 23.7 Å². The number of alkyl halides is 3. The fourth-order valence-electron chi connectivity index (χ4n) is 2.50. The summed E-state index contributed by atoms with van der Waals surface area (Å²) in [4.78, 5) is 16.5. The van der Waals surface area contributed by atoms with Crippen molar-refractivity contribution >= 4 is 23.1 Å². The first-order chi connectivity index (χ1) is 13.9. The number of hydrogen-bond acceptors (Lipinski definition) is 5. The molecule has 29 heavy (non-hydrogen) atoms. The number of furan rings is 1. The lowest BCUT2D eigenvalue weighted by Crippen LogP contribution is -2.20. The van der Waals surface area contributed by atoms with Crippen LogP contribution in [0.3, 0.4) is 0 Å². The molecule has 0 saturated carbocycles. The summed E-state index contributed by atoms with van der Waals surface area (Å²) in [6.07, 6.45) is -0.165. The third-order valence-corrected chi connectivity index (χ3v) is 3.71. The number of anilines is 2. The summed E-state index contributed by atoms with van der Waals surface area (Å²) in [6.45, 7) is 0. The minimum absolute atomic E-state index is 0.293. The van der Waals surface area contributed by atoms with Gasteiger partial charge in [0.2, 0.25) is 0 Å². The minimum atomic E-state index is -4.77. The molecule has 0 bridgehead atoms. The molecule has 4 aromatic rings. The highest BCUT2D eigenvalue weighted by molar-refractivity contribution is 5.99. The van der Waals surface area contributed by atoms with Crippen LogP contribution in [-0.4, -0.2) is 27.0 Å². The van der Waals surface area contributed by atoms with Crippen LogP contribution in [-0.2, 0) is 0 Å². The molecule has 3 aromatic heterocycles. The van der Waals surface area contributed by atoms with Crippen LogP contribution in [0.5, 0.6) is 5.75 Å². The van der Waals surface area contributed by atoms with Crippen LogP contribution in [0.4, 0.5) is 29.3 Å². The van der Waals surface area contributed by atoms with Crippen LogP contribution in [0.2, 0.25) is 0 Å². The molecule has 0 aliphatic carbocycles.